The van der Waals surface area contributed by atoms with Crippen LogP contribution in [0.3, 0.4) is 0 Å². The van der Waals surface area contributed by atoms with Crippen molar-refractivity contribution < 1.29 is 13.2 Å². The SMILES string of the molecule is Cc1ccc(CC(C)NC(=O)C2(S(C)(=O)=O)CCNCC2)c(C)c1. The van der Waals surface area contributed by atoms with E-state index >= 15 is 0 Å². The zero-order chi connectivity index (χ0) is 18.0. The van der Waals surface area contributed by atoms with Gasteiger partial charge in [0.1, 0.15) is 0 Å². The molecule has 134 valence electrons. The van der Waals surface area contributed by atoms with Crippen molar-refractivity contribution in [2.45, 2.75) is 50.8 Å². The van der Waals surface area contributed by atoms with Crippen molar-refractivity contribution in [2.24, 2.45) is 0 Å². The van der Waals surface area contributed by atoms with Crippen LogP contribution in [0.1, 0.15) is 36.5 Å². The molecule has 6 heteroatoms. The Morgan fingerprint density at radius 3 is 2.46 bits per heavy atom. The summed E-state index contributed by atoms with van der Waals surface area (Å²) in [5, 5.41) is 6.07. The second kappa shape index (κ2) is 7.23. The number of aryl methyl sites for hydroxylation is 2. The van der Waals surface area contributed by atoms with Crippen LogP contribution in [0.4, 0.5) is 0 Å². The molecule has 0 aliphatic carbocycles. The van der Waals surface area contributed by atoms with Crippen molar-refractivity contribution in [3.05, 3.63) is 34.9 Å². The lowest BCUT2D eigenvalue weighted by Crippen LogP contribution is -2.58. The summed E-state index contributed by atoms with van der Waals surface area (Å²) >= 11 is 0. The minimum atomic E-state index is -3.47. The summed E-state index contributed by atoms with van der Waals surface area (Å²) in [4.78, 5) is 12.8. The first-order valence-corrected chi connectivity index (χ1v) is 10.3. The standard InChI is InChI=1S/C18H28N2O3S/c1-13-5-6-16(14(2)11-13)12-15(3)20-17(21)18(24(4,22)23)7-9-19-10-8-18/h5-6,11,15,19H,7-10,12H2,1-4H3,(H,20,21). The fraction of sp³-hybridized carbons (Fsp3) is 0.611. The maximum Gasteiger partial charge on any atom is 0.241 e. The lowest BCUT2D eigenvalue weighted by Gasteiger charge is -2.35. The number of nitrogens with one attached hydrogen (secondary N) is 2. The van der Waals surface area contributed by atoms with E-state index in [2.05, 4.69) is 42.7 Å². The molecule has 24 heavy (non-hydrogen) atoms. The van der Waals surface area contributed by atoms with E-state index in [4.69, 9.17) is 0 Å². The van der Waals surface area contributed by atoms with Gasteiger partial charge in [0.2, 0.25) is 5.91 Å². The monoisotopic (exact) mass is 352 g/mol. The highest BCUT2D eigenvalue weighted by atomic mass is 32.2. The molecule has 1 unspecified atom stereocenters. The maximum atomic E-state index is 12.8. The van der Waals surface area contributed by atoms with Crippen LogP contribution < -0.4 is 10.6 Å². The molecular weight excluding hydrogens is 324 g/mol. The molecule has 1 amide bonds. The van der Waals surface area contributed by atoms with Crippen LogP contribution in [0.5, 0.6) is 0 Å². The average molecular weight is 353 g/mol. The minimum Gasteiger partial charge on any atom is -0.352 e. The number of hydrogen-bond acceptors (Lipinski definition) is 4. The van der Waals surface area contributed by atoms with E-state index < -0.39 is 14.6 Å². The number of hydrogen-bond donors (Lipinski definition) is 2. The second-order valence-corrected chi connectivity index (χ2v) is 9.35. The van der Waals surface area contributed by atoms with E-state index in [1.165, 1.54) is 22.9 Å². The number of amides is 1. The quantitative estimate of drug-likeness (QED) is 0.842. The molecule has 1 aromatic rings. The summed E-state index contributed by atoms with van der Waals surface area (Å²) in [5.41, 5.74) is 3.57. The molecule has 1 heterocycles. The Bertz CT molecular complexity index is 707. The number of carbonyl (C=O) groups excluding carboxylic acids is 1. The van der Waals surface area contributed by atoms with Gasteiger partial charge in [0.15, 0.2) is 14.6 Å². The van der Waals surface area contributed by atoms with Crippen LogP contribution >= 0.6 is 0 Å². The molecule has 5 nitrogen and oxygen atoms in total. The van der Waals surface area contributed by atoms with Crippen LogP contribution in [-0.4, -0.2) is 44.5 Å². The number of rotatable bonds is 5. The molecule has 1 aliphatic rings. The Balaban J connectivity index is 2.12. The molecule has 0 spiro atoms. The zero-order valence-electron chi connectivity index (χ0n) is 15.0. The van der Waals surface area contributed by atoms with E-state index in [0.29, 0.717) is 32.4 Å². The topological polar surface area (TPSA) is 75.3 Å². The Labute approximate surface area is 145 Å². The minimum absolute atomic E-state index is 0.118. The van der Waals surface area contributed by atoms with Gasteiger partial charge in [0, 0.05) is 12.3 Å². The molecule has 0 aromatic heterocycles. The fourth-order valence-electron chi connectivity index (χ4n) is 3.41. The smallest absolute Gasteiger partial charge is 0.241 e. The largest absolute Gasteiger partial charge is 0.352 e. The van der Waals surface area contributed by atoms with E-state index in [1.807, 2.05) is 6.92 Å². The summed E-state index contributed by atoms with van der Waals surface area (Å²) in [7, 11) is -3.47. The van der Waals surface area contributed by atoms with Crippen LogP contribution in [0.2, 0.25) is 0 Å². The highest BCUT2D eigenvalue weighted by Gasteiger charge is 2.48. The molecule has 2 N–H and O–H groups in total. The van der Waals surface area contributed by atoms with Crippen molar-refractivity contribution in [2.75, 3.05) is 19.3 Å². The Kier molecular flexibility index (Phi) is 5.71. The third-order valence-electron chi connectivity index (χ3n) is 4.94. The molecular formula is C18H28N2O3S. The van der Waals surface area contributed by atoms with E-state index in [0.717, 1.165) is 0 Å². The molecule has 1 fully saturated rings. The summed E-state index contributed by atoms with van der Waals surface area (Å²) in [5.74, 6) is -0.358. The Morgan fingerprint density at radius 2 is 1.92 bits per heavy atom. The molecule has 1 saturated heterocycles. The molecule has 2 rings (SSSR count). The van der Waals surface area contributed by atoms with E-state index in [-0.39, 0.29) is 11.9 Å². The lowest BCUT2D eigenvalue weighted by atomic mass is 9.94. The predicted octanol–water partition coefficient (Wildman–Crippen LogP) is 1.52. The van der Waals surface area contributed by atoms with Crippen molar-refractivity contribution in [1.82, 2.24) is 10.6 Å². The van der Waals surface area contributed by atoms with Gasteiger partial charge in [-0.15, -0.1) is 0 Å². The van der Waals surface area contributed by atoms with Crippen LogP contribution in [-0.2, 0) is 21.1 Å². The molecule has 1 atom stereocenters. The average Bonchev–Trinajstić information content (AvgIpc) is 2.49. The van der Waals surface area contributed by atoms with E-state index in [9.17, 15) is 13.2 Å². The number of carbonyl (C=O) groups is 1. The van der Waals surface area contributed by atoms with Gasteiger partial charge in [0.05, 0.1) is 0 Å². The van der Waals surface area contributed by atoms with Crippen LogP contribution in [0, 0.1) is 13.8 Å². The Hall–Kier alpha value is -1.40. The number of piperidine rings is 1. The van der Waals surface area contributed by atoms with Gasteiger partial charge in [-0.1, -0.05) is 23.8 Å². The van der Waals surface area contributed by atoms with Gasteiger partial charge < -0.3 is 10.6 Å². The van der Waals surface area contributed by atoms with Gasteiger partial charge >= 0.3 is 0 Å². The van der Waals surface area contributed by atoms with Crippen molar-refractivity contribution in [3.63, 3.8) is 0 Å². The Morgan fingerprint density at radius 1 is 1.29 bits per heavy atom. The molecule has 0 bridgehead atoms. The van der Waals surface area contributed by atoms with Crippen molar-refractivity contribution in [3.8, 4) is 0 Å². The molecule has 0 saturated carbocycles. The lowest BCUT2D eigenvalue weighted by molar-refractivity contribution is -0.124. The van der Waals surface area contributed by atoms with Gasteiger partial charge in [-0.05, 0) is 64.3 Å². The second-order valence-electron chi connectivity index (χ2n) is 7.03. The number of benzene rings is 1. The zero-order valence-corrected chi connectivity index (χ0v) is 15.8. The highest BCUT2D eigenvalue weighted by Crippen LogP contribution is 2.28. The van der Waals surface area contributed by atoms with Gasteiger partial charge in [-0.2, -0.15) is 0 Å². The molecule has 1 aromatic carbocycles. The summed E-state index contributed by atoms with van der Waals surface area (Å²) in [6.45, 7) is 7.13. The summed E-state index contributed by atoms with van der Waals surface area (Å²) in [6, 6.07) is 6.13. The van der Waals surface area contributed by atoms with Gasteiger partial charge in [0.25, 0.3) is 0 Å². The summed E-state index contributed by atoms with van der Waals surface area (Å²) in [6.07, 6.45) is 2.52. The first-order valence-electron chi connectivity index (χ1n) is 8.43. The normalized spacial score (nSPS) is 18.8. The van der Waals surface area contributed by atoms with Gasteiger partial charge in [-0.25, -0.2) is 8.42 Å². The van der Waals surface area contributed by atoms with Crippen molar-refractivity contribution >= 4 is 15.7 Å². The molecule has 0 radical (unpaired) electrons. The van der Waals surface area contributed by atoms with Crippen LogP contribution in [0.15, 0.2) is 18.2 Å². The van der Waals surface area contributed by atoms with Crippen molar-refractivity contribution in [1.29, 1.82) is 0 Å². The maximum absolute atomic E-state index is 12.8. The fourth-order valence-corrected chi connectivity index (χ4v) is 4.75. The van der Waals surface area contributed by atoms with Crippen LogP contribution in [0.25, 0.3) is 0 Å². The number of sulfone groups is 1. The predicted molar refractivity (Wildman–Crippen MR) is 96.9 cm³/mol. The third kappa shape index (κ3) is 3.98. The van der Waals surface area contributed by atoms with Gasteiger partial charge in [-0.3, -0.25) is 4.79 Å². The first kappa shape index (κ1) is 18.9. The summed E-state index contributed by atoms with van der Waals surface area (Å²) < 4.78 is 23.3. The first-order chi connectivity index (χ1) is 11.2. The third-order valence-corrected chi connectivity index (χ3v) is 6.95. The highest BCUT2D eigenvalue weighted by molar-refractivity contribution is 7.92. The molecule has 1 aliphatic heterocycles. The van der Waals surface area contributed by atoms with E-state index in [1.54, 1.807) is 0 Å².